The molecule has 0 bridgehead atoms. The molecule has 1 saturated carbocycles. The van der Waals surface area contributed by atoms with Crippen molar-refractivity contribution in [1.82, 2.24) is 0 Å². The average Bonchev–Trinajstić information content (AvgIpc) is 3.46. The van der Waals surface area contributed by atoms with E-state index in [-0.39, 0.29) is 10.8 Å². The number of fused-ring (bicyclic) bond motifs is 4. The largest absolute Gasteiger partial charge is 0.0727 e. The predicted octanol–water partition coefficient (Wildman–Crippen LogP) is 8.54. The van der Waals surface area contributed by atoms with Gasteiger partial charge in [0, 0.05) is 17.3 Å². The molecule has 3 aromatic carbocycles. The van der Waals surface area contributed by atoms with Crippen molar-refractivity contribution in [3.8, 4) is 11.1 Å². The summed E-state index contributed by atoms with van der Waals surface area (Å²) in [4.78, 5) is 0. The van der Waals surface area contributed by atoms with Crippen molar-refractivity contribution in [3.05, 3.63) is 118 Å². The normalized spacial score (nSPS) is 25.4. The van der Waals surface area contributed by atoms with Crippen LogP contribution in [0.1, 0.15) is 67.9 Å². The lowest BCUT2D eigenvalue weighted by Gasteiger charge is -2.33. The van der Waals surface area contributed by atoms with Crippen LogP contribution in [-0.4, -0.2) is 0 Å². The molecule has 0 saturated heterocycles. The number of aryl methyl sites for hydroxylation is 1. The second kappa shape index (κ2) is 7.07. The summed E-state index contributed by atoms with van der Waals surface area (Å²) in [6.45, 7) is 11.8. The van der Waals surface area contributed by atoms with Gasteiger partial charge in [-0.25, -0.2) is 0 Å². The van der Waals surface area contributed by atoms with Crippen molar-refractivity contribution in [2.45, 2.75) is 58.8 Å². The summed E-state index contributed by atoms with van der Waals surface area (Å²) >= 11 is 0. The van der Waals surface area contributed by atoms with Crippen LogP contribution in [0.15, 0.2) is 90.0 Å². The molecule has 0 nitrogen and oxygen atoms in total. The first-order valence-electron chi connectivity index (χ1n) is 12.5. The molecular formula is C33H34. The van der Waals surface area contributed by atoms with Crippen LogP contribution in [0.2, 0.25) is 0 Å². The van der Waals surface area contributed by atoms with Gasteiger partial charge in [0.2, 0.25) is 0 Å². The molecule has 0 radical (unpaired) electrons. The van der Waals surface area contributed by atoms with Gasteiger partial charge in [0.1, 0.15) is 0 Å². The Bertz CT molecular complexity index is 1310. The Morgan fingerprint density at radius 3 is 2.33 bits per heavy atom. The molecule has 0 amide bonds. The second-order valence-electron chi connectivity index (χ2n) is 11.7. The third-order valence-corrected chi connectivity index (χ3v) is 8.56. The standard InChI is InChI=1S/C33H34/c1-21-13-15-22(16-14-21)29-20-33(5,31-19-24(18-28(29)31)32(2,3)4)30-12-8-11-26-25-10-7-6-9-23(25)17-27(26)30/h6-16,18-19,29,31H,17,20H2,1-5H3. The highest BCUT2D eigenvalue weighted by Crippen LogP contribution is 2.60. The fourth-order valence-corrected chi connectivity index (χ4v) is 6.68. The Balaban J connectivity index is 1.51. The lowest BCUT2D eigenvalue weighted by atomic mass is 9.70. The Morgan fingerprint density at radius 1 is 0.848 bits per heavy atom. The van der Waals surface area contributed by atoms with Crippen LogP contribution in [-0.2, 0) is 11.8 Å². The zero-order chi connectivity index (χ0) is 23.0. The first-order valence-corrected chi connectivity index (χ1v) is 12.5. The van der Waals surface area contributed by atoms with Gasteiger partial charge in [0.25, 0.3) is 0 Å². The van der Waals surface area contributed by atoms with E-state index in [2.05, 4.69) is 114 Å². The smallest absolute Gasteiger partial charge is 0.00869 e. The summed E-state index contributed by atoms with van der Waals surface area (Å²) in [5, 5.41) is 0. The second-order valence-corrected chi connectivity index (χ2v) is 11.7. The van der Waals surface area contributed by atoms with E-state index < -0.39 is 0 Å². The van der Waals surface area contributed by atoms with E-state index in [0.717, 1.165) is 6.42 Å². The zero-order valence-corrected chi connectivity index (χ0v) is 20.6. The first-order chi connectivity index (χ1) is 15.8. The maximum atomic E-state index is 2.62. The van der Waals surface area contributed by atoms with Crippen molar-refractivity contribution >= 4 is 0 Å². The van der Waals surface area contributed by atoms with Crippen LogP contribution in [0, 0.1) is 18.3 Å². The van der Waals surface area contributed by atoms with Gasteiger partial charge >= 0.3 is 0 Å². The maximum absolute atomic E-state index is 2.62. The quantitative estimate of drug-likeness (QED) is 0.299. The average molecular weight is 431 g/mol. The molecule has 0 aromatic heterocycles. The van der Waals surface area contributed by atoms with Gasteiger partial charge in [-0.05, 0) is 64.1 Å². The Morgan fingerprint density at radius 2 is 1.58 bits per heavy atom. The summed E-state index contributed by atoms with van der Waals surface area (Å²) in [5.41, 5.74) is 13.7. The summed E-state index contributed by atoms with van der Waals surface area (Å²) in [7, 11) is 0. The van der Waals surface area contributed by atoms with Crippen LogP contribution in [0.25, 0.3) is 11.1 Å². The molecular weight excluding hydrogens is 396 g/mol. The molecule has 0 heteroatoms. The summed E-state index contributed by atoms with van der Waals surface area (Å²) in [6, 6.07) is 25.3. The molecule has 3 aromatic rings. The van der Waals surface area contributed by atoms with E-state index in [1.54, 1.807) is 16.7 Å². The monoisotopic (exact) mass is 430 g/mol. The molecule has 0 aliphatic heterocycles. The molecule has 3 aliphatic rings. The Kier molecular flexibility index (Phi) is 4.44. The van der Waals surface area contributed by atoms with E-state index >= 15 is 0 Å². The number of allylic oxidation sites excluding steroid dienone is 4. The zero-order valence-electron chi connectivity index (χ0n) is 20.6. The van der Waals surface area contributed by atoms with Crippen LogP contribution >= 0.6 is 0 Å². The van der Waals surface area contributed by atoms with E-state index in [1.807, 2.05) is 0 Å². The Hall–Kier alpha value is -2.86. The molecule has 0 heterocycles. The van der Waals surface area contributed by atoms with Gasteiger partial charge in [-0.3, -0.25) is 0 Å². The topological polar surface area (TPSA) is 0 Å². The van der Waals surface area contributed by atoms with Gasteiger partial charge in [-0.2, -0.15) is 0 Å². The van der Waals surface area contributed by atoms with E-state index in [0.29, 0.717) is 11.8 Å². The lowest BCUT2D eigenvalue weighted by Crippen LogP contribution is -2.27. The van der Waals surface area contributed by atoms with Gasteiger partial charge in [-0.15, -0.1) is 0 Å². The minimum atomic E-state index is 0.0990. The highest BCUT2D eigenvalue weighted by Gasteiger charge is 2.51. The van der Waals surface area contributed by atoms with E-state index in [1.165, 1.54) is 39.8 Å². The first kappa shape index (κ1) is 20.7. The predicted molar refractivity (Wildman–Crippen MR) is 140 cm³/mol. The van der Waals surface area contributed by atoms with Crippen molar-refractivity contribution in [2.75, 3.05) is 0 Å². The van der Waals surface area contributed by atoms with Crippen LogP contribution in [0.3, 0.4) is 0 Å². The van der Waals surface area contributed by atoms with Crippen molar-refractivity contribution in [3.63, 3.8) is 0 Å². The number of rotatable bonds is 2. The Labute approximate surface area is 199 Å². The van der Waals surface area contributed by atoms with E-state index in [4.69, 9.17) is 0 Å². The van der Waals surface area contributed by atoms with Crippen molar-refractivity contribution in [1.29, 1.82) is 0 Å². The van der Waals surface area contributed by atoms with Crippen LogP contribution < -0.4 is 0 Å². The molecule has 3 aliphatic carbocycles. The highest BCUT2D eigenvalue weighted by atomic mass is 14.5. The van der Waals surface area contributed by atoms with Gasteiger partial charge in [-0.1, -0.05) is 118 Å². The SMILES string of the molecule is Cc1ccc(C2CC(C)(c3cccc4c3Cc3ccccc3-4)C3C=C(C(C)(C)C)C=C23)cc1. The molecule has 3 atom stereocenters. The molecule has 6 rings (SSSR count). The molecule has 0 N–H and O–H groups in total. The lowest BCUT2D eigenvalue weighted by molar-refractivity contribution is 0.415. The van der Waals surface area contributed by atoms with E-state index in [9.17, 15) is 0 Å². The molecule has 3 unspecified atom stereocenters. The summed E-state index contributed by atoms with van der Waals surface area (Å²) in [6.07, 6.45) is 7.41. The van der Waals surface area contributed by atoms with Gasteiger partial charge < -0.3 is 0 Å². The van der Waals surface area contributed by atoms with Gasteiger partial charge in [0.05, 0.1) is 0 Å². The fraction of sp³-hybridized carbons (Fsp3) is 0.333. The third kappa shape index (κ3) is 3.11. The molecule has 166 valence electrons. The molecule has 0 spiro atoms. The van der Waals surface area contributed by atoms with Crippen molar-refractivity contribution in [2.24, 2.45) is 11.3 Å². The molecule has 1 fully saturated rings. The van der Waals surface area contributed by atoms with Crippen molar-refractivity contribution < 1.29 is 0 Å². The minimum absolute atomic E-state index is 0.0990. The number of benzene rings is 3. The fourth-order valence-electron chi connectivity index (χ4n) is 6.68. The summed E-state index contributed by atoms with van der Waals surface area (Å²) < 4.78 is 0. The highest BCUT2D eigenvalue weighted by molar-refractivity contribution is 5.78. The van der Waals surface area contributed by atoms with Crippen LogP contribution in [0.4, 0.5) is 0 Å². The number of hydrogen-bond acceptors (Lipinski definition) is 0. The number of hydrogen-bond donors (Lipinski definition) is 0. The third-order valence-electron chi connectivity index (χ3n) is 8.56. The summed E-state index contributed by atoms with van der Waals surface area (Å²) in [5.74, 6) is 0.949. The van der Waals surface area contributed by atoms with Gasteiger partial charge in [0.15, 0.2) is 0 Å². The molecule has 33 heavy (non-hydrogen) atoms. The minimum Gasteiger partial charge on any atom is -0.0727 e. The van der Waals surface area contributed by atoms with Crippen LogP contribution in [0.5, 0.6) is 0 Å². The maximum Gasteiger partial charge on any atom is 0.00869 e.